The summed E-state index contributed by atoms with van der Waals surface area (Å²) in [5.74, 6) is -2.56. The highest BCUT2D eigenvalue weighted by atomic mass is 35.6. The summed E-state index contributed by atoms with van der Waals surface area (Å²) in [6, 6.07) is 0. The number of carboxylic acids is 1. The third-order valence-corrected chi connectivity index (χ3v) is 1.25. The molecule has 0 fully saturated rings. The molecule has 0 unspecified atom stereocenters. The molecule has 0 aliphatic rings. The van der Waals surface area contributed by atoms with E-state index >= 15 is 0 Å². The first-order chi connectivity index (χ1) is 4.34. The average Bonchev–Trinajstić information content (AvgIpc) is 1.60. The first-order valence-electron chi connectivity index (χ1n) is 2.14. The van der Waals surface area contributed by atoms with Crippen molar-refractivity contribution in [1.29, 1.82) is 0 Å². The summed E-state index contributed by atoms with van der Waals surface area (Å²) in [5.41, 5.74) is 0. The van der Waals surface area contributed by atoms with E-state index in [1.54, 1.807) is 0 Å². The van der Waals surface area contributed by atoms with Crippen LogP contribution >= 0.6 is 34.8 Å². The average molecular weight is 204 g/mol. The molecule has 0 spiro atoms. The normalized spacial score (nSPS) is 11.1. The van der Waals surface area contributed by atoms with Crippen LogP contribution in [0.2, 0.25) is 0 Å². The number of rotatable bonds is 2. The van der Waals surface area contributed by atoms with Crippen LogP contribution in [0.25, 0.3) is 0 Å². The monoisotopic (exact) mass is 203 g/mol. The Morgan fingerprint density at radius 2 is 1.70 bits per heavy atom. The van der Waals surface area contributed by atoms with Gasteiger partial charge in [0, 0.05) is 5.97 Å². The molecule has 0 N–H and O–H groups in total. The van der Waals surface area contributed by atoms with Gasteiger partial charge in [-0.25, -0.2) is 0 Å². The van der Waals surface area contributed by atoms with Crippen LogP contribution in [-0.2, 0) is 9.59 Å². The Hall–Kier alpha value is 0.01000. The van der Waals surface area contributed by atoms with Crippen LogP contribution in [0, 0.1) is 0 Å². The van der Waals surface area contributed by atoms with Crippen molar-refractivity contribution in [2.45, 2.75) is 10.2 Å². The van der Waals surface area contributed by atoms with Gasteiger partial charge >= 0.3 is 0 Å². The molecule has 0 aliphatic heterocycles. The second kappa shape index (κ2) is 3.42. The number of Topliss-reactive ketones (excluding diaryl/α,β-unsaturated/α-hetero) is 1. The molecule has 0 aromatic heterocycles. The quantitative estimate of drug-likeness (QED) is 0.472. The van der Waals surface area contributed by atoms with E-state index in [4.69, 9.17) is 34.8 Å². The van der Waals surface area contributed by atoms with E-state index in [0.717, 1.165) is 0 Å². The Bertz CT molecular complexity index is 160. The van der Waals surface area contributed by atoms with Crippen LogP contribution in [0.5, 0.6) is 0 Å². The van der Waals surface area contributed by atoms with E-state index in [2.05, 4.69) is 0 Å². The Kier molecular flexibility index (Phi) is 3.42. The molecule has 0 atom stereocenters. The van der Waals surface area contributed by atoms with Crippen molar-refractivity contribution in [3.8, 4) is 0 Å². The molecule has 0 saturated heterocycles. The summed E-state index contributed by atoms with van der Waals surface area (Å²) < 4.78 is -2.15. The van der Waals surface area contributed by atoms with E-state index in [0.29, 0.717) is 0 Å². The van der Waals surface area contributed by atoms with Gasteiger partial charge in [0.1, 0.15) is 0 Å². The maximum absolute atomic E-state index is 10.5. The van der Waals surface area contributed by atoms with Gasteiger partial charge < -0.3 is 9.90 Å². The number of halogens is 3. The second-order valence-corrected chi connectivity index (χ2v) is 3.75. The largest absolute Gasteiger partial charge is 0.550 e. The van der Waals surface area contributed by atoms with Crippen LogP contribution in [-0.4, -0.2) is 15.5 Å². The minimum atomic E-state index is -2.15. The molecule has 0 aliphatic carbocycles. The highest BCUT2D eigenvalue weighted by molar-refractivity contribution is 6.76. The van der Waals surface area contributed by atoms with Crippen LogP contribution < -0.4 is 5.11 Å². The van der Waals surface area contributed by atoms with Crippen molar-refractivity contribution in [3.63, 3.8) is 0 Å². The molecular formula is C4H2Cl3O3-. The van der Waals surface area contributed by atoms with Crippen LogP contribution in [0.3, 0.4) is 0 Å². The van der Waals surface area contributed by atoms with Crippen molar-refractivity contribution in [2.75, 3.05) is 0 Å². The van der Waals surface area contributed by atoms with E-state index in [1.807, 2.05) is 0 Å². The summed E-state index contributed by atoms with van der Waals surface area (Å²) in [4.78, 5) is 20.2. The van der Waals surface area contributed by atoms with Gasteiger partial charge in [0.15, 0.2) is 5.78 Å². The van der Waals surface area contributed by atoms with Gasteiger partial charge in [0.25, 0.3) is 0 Å². The first-order valence-corrected chi connectivity index (χ1v) is 3.27. The fourth-order valence-corrected chi connectivity index (χ4v) is 0.432. The zero-order valence-electron chi connectivity index (χ0n) is 4.57. The van der Waals surface area contributed by atoms with Crippen molar-refractivity contribution in [1.82, 2.24) is 0 Å². The maximum atomic E-state index is 10.5. The van der Waals surface area contributed by atoms with Gasteiger partial charge in [-0.15, -0.1) is 0 Å². The maximum Gasteiger partial charge on any atom is 0.249 e. The molecule has 6 heteroatoms. The molecular weight excluding hydrogens is 202 g/mol. The molecule has 0 radical (unpaired) electrons. The summed E-state index contributed by atoms with van der Waals surface area (Å²) in [5, 5.41) is 9.75. The predicted octanol–water partition coefficient (Wildman–Crippen LogP) is 0.0657. The highest BCUT2D eigenvalue weighted by Crippen LogP contribution is 2.27. The zero-order valence-corrected chi connectivity index (χ0v) is 6.83. The summed E-state index contributed by atoms with van der Waals surface area (Å²) in [7, 11) is 0. The lowest BCUT2D eigenvalue weighted by molar-refractivity contribution is -0.304. The number of carbonyl (C=O) groups is 2. The molecule has 0 heterocycles. The van der Waals surface area contributed by atoms with E-state index in [9.17, 15) is 14.7 Å². The number of hydrogen-bond acceptors (Lipinski definition) is 3. The van der Waals surface area contributed by atoms with Crippen molar-refractivity contribution >= 4 is 46.6 Å². The third-order valence-electron chi connectivity index (χ3n) is 0.621. The topological polar surface area (TPSA) is 57.2 Å². The van der Waals surface area contributed by atoms with Crippen LogP contribution in [0.1, 0.15) is 6.42 Å². The summed E-state index contributed by atoms with van der Waals surface area (Å²) in [6.45, 7) is 0. The van der Waals surface area contributed by atoms with Crippen molar-refractivity contribution in [2.24, 2.45) is 0 Å². The molecule has 0 bridgehead atoms. The molecule has 0 aromatic carbocycles. The molecule has 3 nitrogen and oxygen atoms in total. The number of aliphatic carboxylic acids is 1. The minimum Gasteiger partial charge on any atom is -0.550 e. The first kappa shape index (κ1) is 10.0. The van der Waals surface area contributed by atoms with Gasteiger partial charge in [0.2, 0.25) is 3.79 Å². The molecule has 0 rings (SSSR count). The fraction of sp³-hybridized carbons (Fsp3) is 0.500. The van der Waals surface area contributed by atoms with Gasteiger partial charge in [-0.3, -0.25) is 4.79 Å². The zero-order chi connectivity index (χ0) is 8.36. The smallest absolute Gasteiger partial charge is 0.249 e. The van der Waals surface area contributed by atoms with Gasteiger partial charge in [-0.05, 0) is 0 Å². The molecule has 58 valence electrons. The van der Waals surface area contributed by atoms with Crippen molar-refractivity contribution < 1.29 is 14.7 Å². The lowest BCUT2D eigenvalue weighted by Gasteiger charge is -2.08. The number of carbonyl (C=O) groups excluding carboxylic acids is 2. The lowest BCUT2D eigenvalue weighted by atomic mass is 10.3. The Morgan fingerprint density at radius 1 is 1.30 bits per heavy atom. The van der Waals surface area contributed by atoms with Gasteiger partial charge in [-0.2, -0.15) is 0 Å². The van der Waals surface area contributed by atoms with E-state index < -0.39 is 22.0 Å². The van der Waals surface area contributed by atoms with Crippen LogP contribution in [0.4, 0.5) is 0 Å². The Balaban J connectivity index is 3.99. The summed E-state index contributed by atoms with van der Waals surface area (Å²) >= 11 is 15.1. The molecule has 0 amide bonds. The third kappa shape index (κ3) is 3.93. The predicted molar refractivity (Wildman–Crippen MR) is 34.9 cm³/mol. The van der Waals surface area contributed by atoms with Gasteiger partial charge in [0.05, 0.1) is 6.42 Å². The highest BCUT2D eigenvalue weighted by Gasteiger charge is 2.29. The van der Waals surface area contributed by atoms with Crippen LogP contribution in [0.15, 0.2) is 0 Å². The fourth-order valence-electron chi connectivity index (χ4n) is 0.231. The molecule has 0 saturated carbocycles. The van der Waals surface area contributed by atoms with E-state index in [-0.39, 0.29) is 0 Å². The SMILES string of the molecule is O=C([O-])CC(=O)C(Cl)(Cl)Cl. The minimum absolute atomic E-state index is 0.878. The molecule has 10 heavy (non-hydrogen) atoms. The van der Waals surface area contributed by atoms with E-state index in [1.165, 1.54) is 0 Å². The number of ketones is 1. The van der Waals surface area contributed by atoms with Crippen molar-refractivity contribution in [3.05, 3.63) is 0 Å². The Labute approximate surface area is 71.9 Å². The number of hydrogen-bond donors (Lipinski definition) is 0. The number of carboxylic acid groups (broad SMARTS) is 1. The standard InChI is InChI=1S/C4H3Cl3O3/c5-4(6,7)2(8)1-3(9)10/h1H2,(H,9,10)/p-1. The Morgan fingerprint density at radius 3 is 1.80 bits per heavy atom. The summed E-state index contributed by atoms with van der Waals surface area (Å²) in [6.07, 6.45) is -0.878. The number of alkyl halides is 3. The molecule has 0 aromatic rings. The second-order valence-electron chi connectivity index (χ2n) is 1.47. The lowest BCUT2D eigenvalue weighted by Crippen LogP contribution is -2.30. The van der Waals surface area contributed by atoms with Gasteiger partial charge in [-0.1, -0.05) is 34.8 Å².